The molecule has 132 valence electrons. The van der Waals surface area contributed by atoms with E-state index in [0.717, 1.165) is 29.4 Å². The molecule has 0 aromatic carbocycles. The Bertz CT molecular complexity index is 596. The molecule has 2 amide bonds. The summed E-state index contributed by atoms with van der Waals surface area (Å²) in [6.07, 6.45) is 1.04. The van der Waals surface area contributed by atoms with Gasteiger partial charge in [-0.25, -0.2) is 4.79 Å². The van der Waals surface area contributed by atoms with Crippen LogP contribution in [0.2, 0.25) is 0 Å². The first-order valence-corrected chi connectivity index (χ1v) is 9.57. The van der Waals surface area contributed by atoms with E-state index < -0.39 is 6.09 Å². The highest BCUT2D eigenvalue weighted by Crippen LogP contribution is 2.17. The Morgan fingerprint density at radius 1 is 1.46 bits per heavy atom. The molecule has 0 bridgehead atoms. The van der Waals surface area contributed by atoms with Crippen LogP contribution in [0.15, 0.2) is 0 Å². The summed E-state index contributed by atoms with van der Waals surface area (Å²) in [5.41, 5.74) is 2.45. The van der Waals surface area contributed by atoms with E-state index >= 15 is 0 Å². The summed E-state index contributed by atoms with van der Waals surface area (Å²) in [6.45, 7) is 0.700. The fourth-order valence-corrected chi connectivity index (χ4v) is 3.81. The summed E-state index contributed by atoms with van der Waals surface area (Å²) in [6, 6.07) is 0. The van der Waals surface area contributed by atoms with E-state index in [1.165, 1.54) is 16.2 Å². The van der Waals surface area contributed by atoms with Gasteiger partial charge in [0.25, 0.3) is 0 Å². The third-order valence-electron chi connectivity index (χ3n) is 2.99. The van der Waals surface area contributed by atoms with Crippen molar-refractivity contribution in [2.24, 2.45) is 5.84 Å². The second kappa shape index (κ2) is 9.71. The van der Waals surface area contributed by atoms with Crippen LogP contribution in [0.1, 0.15) is 11.4 Å². The van der Waals surface area contributed by atoms with Crippen molar-refractivity contribution in [2.45, 2.75) is 12.8 Å². The second-order valence-electron chi connectivity index (χ2n) is 4.76. The van der Waals surface area contributed by atoms with Gasteiger partial charge in [-0.1, -0.05) is 23.6 Å². The molecular weight excluding hydrogens is 372 g/mol. The van der Waals surface area contributed by atoms with Gasteiger partial charge in [0.2, 0.25) is 11.0 Å². The summed E-state index contributed by atoms with van der Waals surface area (Å²) >= 11 is 8.03. The molecule has 1 aliphatic rings. The van der Waals surface area contributed by atoms with Gasteiger partial charge in [-0.05, 0) is 11.5 Å². The number of carbonyl (C=O) groups is 2. The van der Waals surface area contributed by atoms with Crippen LogP contribution in [0.4, 0.5) is 9.93 Å². The first kappa shape index (κ1) is 18.8. The number of aromatic nitrogens is 2. The van der Waals surface area contributed by atoms with Crippen LogP contribution >= 0.6 is 35.3 Å². The van der Waals surface area contributed by atoms with Crippen LogP contribution in [-0.4, -0.2) is 63.3 Å². The number of amides is 2. The highest BCUT2D eigenvalue weighted by atomic mass is 32.2. The molecule has 1 aromatic heterocycles. The van der Waals surface area contributed by atoms with E-state index in [-0.39, 0.29) is 12.5 Å². The molecule has 0 aliphatic carbocycles. The number of hydrogen-bond donors (Lipinski definition) is 3. The summed E-state index contributed by atoms with van der Waals surface area (Å²) in [7, 11) is 0. The van der Waals surface area contributed by atoms with Gasteiger partial charge in [0.05, 0.1) is 11.5 Å². The Morgan fingerprint density at radius 2 is 2.29 bits per heavy atom. The molecule has 0 saturated carbocycles. The van der Waals surface area contributed by atoms with Gasteiger partial charge in [0.1, 0.15) is 18.2 Å². The van der Waals surface area contributed by atoms with E-state index in [1.807, 2.05) is 0 Å². The van der Waals surface area contributed by atoms with E-state index in [4.69, 9.17) is 22.8 Å². The monoisotopic (exact) mass is 390 g/mol. The molecular formula is C12H18N6O3S3. The van der Waals surface area contributed by atoms with Gasteiger partial charge in [-0.2, -0.15) is 11.8 Å². The molecule has 2 heterocycles. The zero-order valence-electron chi connectivity index (χ0n) is 12.8. The Kier molecular flexibility index (Phi) is 7.62. The average Bonchev–Trinajstić information content (AvgIpc) is 3.16. The lowest BCUT2D eigenvalue weighted by atomic mass is 10.5. The Hall–Kier alpha value is -1.50. The lowest BCUT2D eigenvalue weighted by Crippen LogP contribution is -2.33. The molecule has 0 unspecified atom stereocenters. The number of nitrogens with two attached hydrogens (primary N) is 1. The van der Waals surface area contributed by atoms with Crippen LogP contribution in [0.3, 0.4) is 0 Å². The molecule has 0 spiro atoms. The highest BCUT2D eigenvalue weighted by Gasteiger charge is 2.24. The molecule has 1 fully saturated rings. The third kappa shape index (κ3) is 6.19. The quantitative estimate of drug-likeness (QED) is 0.238. The maximum Gasteiger partial charge on any atom is 0.410 e. The van der Waals surface area contributed by atoms with Gasteiger partial charge in [0.15, 0.2) is 0 Å². The lowest BCUT2D eigenvalue weighted by Gasteiger charge is -2.10. The number of thiocarbonyl (C=S) groups is 1. The normalized spacial score (nSPS) is 13.7. The first-order valence-electron chi connectivity index (χ1n) is 7.19. The molecule has 4 N–H and O–H groups in total. The highest BCUT2D eigenvalue weighted by molar-refractivity contribution is 7.99. The molecule has 12 heteroatoms. The van der Waals surface area contributed by atoms with Crippen LogP contribution in [0.5, 0.6) is 0 Å². The predicted molar refractivity (Wildman–Crippen MR) is 97.0 cm³/mol. The van der Waals surface area contributed by atoms with Crippen LogP contribution in [0, 0.1) is 0 Å². The number of ether oxygens (including phenoxy) is 1. The van der Waals surface area contributed by atoms with Crippen molar-refractivity contribution >= 4 is 57.4 Å². The zero-order chi connectivity index (χ0) is 17.4. The molecule has 1 aliphatic heterocycles. The number of aryl methyl sites for hydroxylation is 1. The number of thioether (sulfide) groups is 1. The Balaban J connectivity index is 1.66. The van der Waals surface area contributed by atoms with E-state index in [2.05, 4.69) is 20.9 Å². The number of rotatable bonds is 9. The van der Waals surface area contributed by atoms with Crippen molar-refractivity contribution in [2.75, 3.05) is 36.5 Å². The molecule has 1 saturated heterocycles. The number of anilines is 1. The van der Waals surface area contributed by atoms with Crippen LogP contribution < -0.4 is 16.6 Å². The molecule has 0 radical (unpaired) electrons. The largest absolute Gasteiger partial charge is 0.448 e. The standard InChI is InChI=1S/C12H18N6O3S3/c13-15-9(22)1-5-23-6-2-10-16-17-11(24-10)14-8(19)7-18-3-4-21-12(18)20/h1-7,13H2,(H,15,22)(H,14,17,19). The van der Waals surface area contributed by atoms with Gasteiger partial charge in [-0.3, -0.25) is 20.9 Å². The topological polar surface area (TPSA) is 122 Å². The predicted octanol–water partition coefficient (Wildman–Crippen LogP) is 0.385. The second-order valence-corrected chi connectivity index (χ2v) is 7.54. The number of hydrogen-bond acceptors (Lipinski definition) is 9. The van der Waals surface area contributed by atoms with E-state index in [9.17, 15) is 9.59 Å². The fraction of sp³-hybridized carbons (Fsp3) is 0.583. The summed E-state index contributed by atoms with van der Waals surface area (Å²) in [4.78, 5) is 25.1. The van der Waals surface area contributed by atoms with Crippen molar-refractivity contribution in [3.8, 4) is 0 Å². The van der Waals surface area contributed by atoms with Gasteiger partial charge in [-0.15, -0.1) is 10.2 Å². The van der Waals surface area contributed by atoms with Crippen molar-refractivity contribution in [1.29, 1.82) is 0 Å². The van der Waals surface area contributed by atoms with Crippen molar-refractivity contribution in [3.05, 3.63) is 5.01 Å². The maximum atomic E-state index is 11.9. The van der Waals surface area contributed by atoms with E-state index in [0.29, 0.717) is 23.3 Å². The van der Waals surface area contributed by atoms with E-state index in [1.54, 1.807) is 11.8 Å². The minimum absolute atomic E-state index is 0.0430. The van der Waals surface area contributed by atoms with Crippen LogP contribution in [0.25, 0.3) is 0 Å². The summed E-state index contributed by atoms with van der Waals surface area (Å²) < 4.78 is 4.77. The molecule has 2 rings (SSSR count). The first-order chi connectivity index (χ1) is 11.6. The van der Waals surface area contributed by atoms with Gasteiger partial charge in [0, 0.05) is 12.8 Å². The number of carbonyl (C=O) groups excluding carboxylic acids is 2. The average molecular weight is 391 g/mol. The SMILES string of the molecule is NNC(=S)CCSCCc1nnc(NC(=O)CN2CCOC2=O)s1. The smallest absolute Gasteiger partial charge is 0.410 e. The molecule has 24 heavy (non-hydrogen) atoms. The number of hydrazine groups is 1. The minimum Gasteiger partial charge on any atom is -0.448 e. The van der Waals surface area contributed by atoms with Gasteiger partial charge < -0.3 is 10.2 Å². The lowest BCUT2D eigenvalue weighted by molar-refractivity contribution is -0.116. The molecule has 1 aromatic rings. The van der Waals surface area contributed by atoms with Crippen molar-refractivity contribution in [1.82, 2.24) is 20.5 Å². The third-order valence-corrected chi connectivity index (χ3v) is 5.19. The molecule has 0 atom stereocenters. The summed E-state index contributed by atoms with van der Waals surface area (Å²) in [5, 5.41) is 11.9. The van der Waals surface area contributed by atoms with Gasteiger partial charge >= 0.3 is 6.09 Å². The minimum atomic E-state index is -0.468. The zero-order valence-corrected chi connectivity index (χ0v) is 15.3. The number of nitrogens with one attached hydrogen (secondary N) is 2. The summed E-state index contributed by atoms with van der Waals surface area (Å²) in [5.74, 6) is 6.66. The van der Waals surface area contributed by atoms with Crippen molar-refractivity contribution < 1.29 is 14.3 Å². The Labute approximate surface area is 152 Å². The fourth-order valence-electron chi connectivity index (χ4n) is 1.81. The van der Waals surface area contributed by atoms with Crippen LogP contribution in [-0.2, 0) is 16.0 Å². The van der Waals surface area contributed by atoms with Crippen molar-refractivity contribution in [3.63, 3.8) is 0 Å². The number of cyclic esters (lactones) is 1. The maximum absolute atomic E-state index is 11.9. The Morgan fingerprint density at radius 3 is 3.00 bits per heavy atom. The number of nitrogens with zero attached hydrogens (tertiary/aromatic N) is 3. The molecule has 9 nitrogen and oxygen atoms in total.